The van der Waals surface area contributed by atoms with Gasteiger partial charge in [-0.1, -0.05) is 13.8 Å². The summed E-state index contributed by atoms with van der Waals surface area (Å²) in [6.45, 7) is 4.42. The molecule has 0 aliphatic rings. The van der Waals surface area contributed by atoms with Crippen molar-refractivity contribution in [3.8, 4) is 0 Å². The van der Waals surface area contributed by atoms with E-state index in [2.05, 4.69) is 5.32 Å². The van der Waals surface area contributed by atoms with Crippen molar-refractivity contribution in [2.24, 2.45) is 5.73 Å². The molecule has 0 heterocycles. The van der Waals surface area contributed by atoms with Gasteiger partial charge in [-0.3, -0.25) is 4.79 Å². The molecule has 0 unspecified atom stereocenters. The van der Waals surface area contributed by atoms with Crippen molar-refractivity contribution >= 4 is 28.5 Å². The minimum Gasteiger partial charge on any atom is -0.350 e. The summed E-state index contributed by atoms with van der Waals surface area (Å²) in [5.74, 6) is -0.553. The summed E-state index contributed by atoms with van der Waals surface area (Å²) in [7, 11) is 0. The smallest absolute Gasteiger partial charge is 0.252 e. The van der Waals surface area contributed by atoms with Gasteiger partial charge in [-0.25, -0.2) is 4.39 Å². The number of hydrogen-bond donors (Lipinski definition) is 2. The van der Waals surface area contributed by atoms with Gasteiger partial charge >= 0.3 is 0 Å². The predicted molar refractivity (Wildman–Crippen MR) is 79.0 cm³/mol. The van der Waals surface area contributed by atoms with Crippen LogP contribution in [0.4, 0.5) is 4.39 Å². The number of carbonyl (C=O) groups is 1. The minimum absolute atomic E-state index is 0.212. The molecule has 3 nitrogen and oxygen atoms in total. The lowest BCUT2D eigenvalue weighted by molar-refractivity contribution is 0.0941. The van der Waals surface area contributed by atoms with Crippen LogP contribution in [-0.4, -0.2) is 18.0 Å². The number of nitrogens with one attached hydrogen (secondary N) is 1. The summed E-state index contributed by atoms with van der Waals surface area (Å²) in [6, 6.07) is 4.11. The zero-order chi connectivity index (χ0) is 13.8. The molecule has 0 saturated carbocycles. The first-order chi connectivity index (χ1) is 8.41. The van der Waals surface area contributed by atoms with E-state index < -0.39 is 0 Å². The molecule has 1 rings (SSSR count). The number of benzene rings is 1. The second-order valence-electron chi connectivity index (χ2n) is 4.38. The van der Waals surface area contributed by atoms with Crippen LogP contribution in [0.1, 0.15) is 37.0 Å². The van der Waals surface area contributed by atoms with Crippen molar-refractivity contribution in [3.63, 3.8) is 0 Å². The molecule has 1 aromatic rings. The van der Waals surface area contributed by atoms with Crippen LogP contribution in [0.15, 0.2) is 18.2 Å². The molecule has 3 N–H and O–H groups in total. The molecular weight excluding hydrogens is 346 g/mol. The number of carbonyl (C=O) groups excluding carboxylic acids is 1. The first kappa shape index (κ1) is 15.4. The number of hydrogen-bond acceptors (Lipinski definition) is 2. The van der Waals surface area contributed by atoms with Gasteiger partial charge in [0, 0.05) is 15.7 Å². The van der Waals surface area contributed by atoms with E-state index in [-0.39, 0.29) is 17.3 Å². The van der Waals surface area contributed by atoms with Gasteiger partial charge in [0.25, 0.3) is 5.91 Å². The second-order valence-corrected chi connectivity index (χ2v) is 5.54. The summed E-state index contributed by atoms with van der Waals surface area (Å²) in [5.41, 5.74) is 6.21. The van der Waals surface area contributed by atoms with Gasteiger partial charge in [-0.05, 0) is 53.6 Å². The van der Waals surface area contributed by atoms with Crippen molar-refractivity contribution in [1.82, 2.24) is 5.32 Å². The first-order valence-corrected chi connectivity index (χ1v) is 7.02. The van der Waals surface area contributed by atoms with E-state index in [0.717, 1.165) is 12.8 Å². The second kappa shape index (κ2) is 6.47. The fourth-order valence-electron chi connectivity index (χ4n) is 1.53. The van der Waals surface area contributed by atoms with Gasteiger partial charge in [-0.2, -0.15) is 0 Å². The van der Waals surface area contributed by atoms with Crippen molar-refractivity contribution in [3.05, 3.63) is 33.1 Å². The molecule has 0 aliphatic heterocycles. The molecule has 0 bridgehead atoms. The van der Waals surface area contributed by atoms with Crippen molar-refractivity contribution in [2.75, 3.05) is 6.54 Å². The SMILES string of the molecule is CCC(N)(CC)CNC(=O)c1ccc(F)cc1I. The molecule has 0 saturated heterocycles. The Bertz CT molecular complexity index is 433. The van der Waals surface area contributed by atoms with Crippen LogP contribution >= 0.6 is 22.6 Å². The van der Waals surface area contributed by atoms with Crippen LogP contribution in [0.3, 0.4) is 0 Å². The third-order valence-electron chi connectivity index (χ3n) is 3.19. The highest BCUT2D eigenvalue weighted by Gasteiger charge is 2.21. The Morgan fingerprint density at radius 3 is 2.56 bits per heavy atom. The summed E-state index contributed by atoms with van der Waals surface area (Å²) in [4.78, 5) is 12.0. The number of amides is 1. The van der Waals surface area contributed by atoms with Crippen molar-refractivity contribution in [2.45, 2.75) is 32.2 Å². The third kappa shape index (κ3) is 3.91. The summed E-state index contributed by atoms with van der Waals surface area (Å²) in [6.07, 6.45) is 1.59. The zero-order valence-corrected chi connectivity index (χ0v) is 12.8. The molecule has 0 fully saturated rings. The summed E-state index contributed by atoms with van der Waals surface area (Å²) < 4.78 is 13.5. The maximum Gasteiger partial charge on any atom is 0.252 e. The average molecular weight is 364 g/mol. The predicted octanol–water partition coefficient (Wildman–Crippen LogP) is 2.68. The lowest BCUT2D eigenvalue weighted by atomic mass is 9.94. The van der Waals surface area contributed by atoms with Crippen LogP contribution in [0.2, 0.25) is 0 Å². The van der Waals surface area contributed by atoms with E-state index in [1.54, 1.807) is 0 Å². The molecule has 100 valence electrons. The highest BCUT2D eigenvalue weighted by atomic mass is 127. The Morgan fingerprint density at radius 1 is 1.44 bits per heavy atom. The van der Waals surface area contributed by atoms with Gasteiger partial charge in [0.1, 0.15) is 5.82 Å². The van der Waals surface area contributed by atoms with E-state index in [0.29, 0.717) is 15.7 Å². The Balaban J connectivity index is 2.71. The zero-order valence-electron chi connectivity index (χ0n) is 10.6. The molecule has 1 aromatic carbocycles. The van der Waals surface area contributed by atoms with Gasteiger partial charge in [0.05, 0.1) is 5.56 Å². The van der Waals surface area contributed by atoms with Crippen LogP contribution in [0.5, 0.6) is 0 Å². The fraction of sp³-hybridized carbons (Fsp3) is 0.462. The Kier molecular flexibility index (Phi) is 5.52. The fourth-order valence-corrected chi connectivity index (χ4v) is 2.25. The van der Waals surface area contributed by atoms with Crippen LogP contribution in [-0.2, 0) is 0 Å². The van der Waals surface area contributed by atoms with E-state index in [9.17, 15) is 9.18 Å². The van der Waals surface area contributed by atoms with Crippen molar-refractivity contribution in [1.29, 1.82) is 0 Å². The number of rotatable bonds is 5. The number of halogens is 2. The normalized spacial score (nSPS) is 11.4. The topological polar surface area (TPSA) is 55.1 Å². The minimum atomic E-state index is -0.374. The average Bonchev–Trinajstić information content (AvgIpc) is 2.35. The standard InChI is InChI=1S/C13H18FIN2O/c1-3-13(16,4-2)8-17-12(18)10-6-5-9(14)7-11(10)15/h5-7H,3-4,8,16H2,1-2H3,(H,17,18). The van der Waals surface area contributed by atoms with Gasteiger partial charge in [0.2, 0.25) is 0 Å². The lowest BCUT2D eigenvalue weighted by Crippen LogP contribution is -2.49. The molecule has 1 amide bonds. The molecule has 0 aromatic heterocycles. The Labute approximate surface area is 120 Å². The molecule has 0 atom stereocenters. The van der Waals surface area contributed by atoms with Crippen LogP contribution < -0.4 is 11.1 Å². The largest absolute Gasteiger partial charge is 0.350 e. The first-order valence-electron chi connectivity index (χ1n) is 5.94. The molecular formula is C13H18FIN2O. The molecule has 5 heteroatoms. The Hall–Kier alpha value is -0.690. The van der Waals surface area contributed by atoms with Gasteiger partial charge < -0.3 is 11.1 Å². The third-order valence-corrected chi connectivity index (χ3v) is 4.08. The quantitative estimate of drug-likeness (QED) is 0.790. The van der Waals surface area contributed by atoms with E-state index in [1.807, 2.05) is 36.4 Å². The highest BCUT2D eigenvalue weighted by molar-refractivity contribution is 14.1. The van der Waals surface area contributed by atoms with E-state index in [1.165, 1.54) is 18.2 Å². The van der Waals surface area contributed by atoms with Crippen molar-refractivity contribution < 1.29 is 9.18 Å². The maximum atomic E-state index is 12.9. The molecule has 0 aliphatic carbocycles. The Morgan fingerprint density at radius 2 is 2.06 bits per heavy atom. The number of nitrogens with two attached hydrogens (primary N) is 1. The van der Waals surface area contributed by atoms with Crippen LogP contribution in [0, 0.1) is 9.39 Å². The maximum absolute atomic E-state index is 12.9. The molecule has 0 radical (unpaired) electrons. The summed E-state index contributed by atoms with van der Waals surface area (Å²) >= 11 is 1.95. The van der Waals surface area contributed by atoms with E-state index in [4.69, 9.17) is 5.73 Å². The lowest BCUT2D eigenvalue weighted by Gasteiger charge is -2.26. The van der Waals surface area contributed by atoms with Gasteiger partial charge in [0.15, 0.2) is 0 Å². The summed E-state index contributed by atoms with van der Waals surface area (Å²) in [5, 5.41) is 2.81. The van der Waals surface area contributed by atoms with Crippen LogP contribution in [0.25, 0.3) is 0 Å². The molecule has 0 spiro atoms. The molecule has 18 heavy (non-hydrogen) atoms. The highest BCUT2D eigenvalue weighted by Crippen LogP contribution is 2.15. The monoisotopic (exact) mass is 364 g/mol. The van der Waals surface area contributed by atoms with E-state index >= 15 is 0 Å². The van der Waals surface area contributed by atoms with Gasteiger partial charge in [-0.15, -0.1) is 0 Å².